The van der Waals surface area contributed by atoms with Crippen LogP contribution in [-0.4, -0.2) is 65.0 Å². The summed E-state index contributed by atoms with van der Waals surface area (Å²) in [4.78, 5) is 0. The minimum absolute atomic E-state index is 0. The molecule has 0 unspecified atom stereocenters. The predicted molar refractivity (Wildman–Crippen MR) is 22.4 cm³/mol. The Bertz CT molecular complexity index is 31.8. The molecular formula is H2Li2O3Te. The van der Waals surface area contributed by atoms with Crippen LogP contribution in [0.25, 0.3) is 0 Å². The number of hydrogen-bond acceptors (Lipinski definition) is 1. The Morgan fingerprint density at radius 1 is 1.17 bits per heavy atom. The summed E-state index contributed by atoms with van der Waals surface area (Å²) >= 11 is -3.61. The second-order valence-corrected chi connectivity index (χ2v) is 1.55. The minimum atomic E-state index is -3.61. The minimum Gasteiger partial charge on any atom is 0 e. The molecule has 2 N–H and O–H groups in total. The maximum absolute atomic E-state index is 8.81. The van der Waals surface area contributed by atoms with Gasteiger partial charge in [-0.1, -0.05) is 0 Å². The van der Waals surface area contributed by atoms with Crippen LogP contribution in [-0.2, 0) is 3.10 Å². The molecular weight excluding hydrogens is 189 g/mol. The van der Waals surface area contributed by atoms with E-state index in [1.165, 1.54) is 0 Å². The molecule has 2 radical (unpaired) electrons. The molecule has 6 heteroatoms. The third-order valence-electron chi connectivity index (χ3n) is 0. The van der Waals surface area contributed by atoms with E-state index in [0.717, 1.165) is 0 Å². The molecule has 0 saturated heterocycles. The van der Waals surface area contributed by atoms with E-state index in [-0.39, 0.29) is 37.7 Å². The van der Waals surface area contributed by atoms with Gasteiger partial charge in [-0.15, -0.1) is 0 Å². The second-order valence-electron chi connectivity index (χ2n) is 0.231. The summed E-state index contributed by atoms with van der Waals surface area (Å²) in [7, 11) is 0. The second kappa shape index (κ2) is 9.86. The molecule has 0 heterocycles. The van der Waals surface area contributed by atoms with E-state index in [4.69, 9.17) is 10.0 Å². The van der Waals surface area contributed by atoms with Crippen LogP contribution < -0.4 is 0 Å². The SMILES string of the molecule is O=[Te](O)O.[Li].[Li]. The van der Waals surface area contributed by atoms with Gasteiger partial charge in [0.1, 0.15) is 0 Å². The molecule has 0 saturated carbocycles. The molecule has 0 aromatic rings. The molecule has 0 amide bonds. The van der Waals surface area contributed by atoms with Crippen molar-refractivity contribution in [2.75, 3.05) is 0 Å². The molecule has 28 valence electrons. The van der Waals surface area contributed by atoms with E-state index in [2.05, 4.69) is 0 Å². The summed E-state index contributed by atoms with van der Waals surface area (Å²) < 4.78 is 23.3. The number of hydrogen-bond donors (Lipinski definition) is 2. The Morgan fingerprint density at radius 3 is 1.17 bits per heavy atom. The molecule has 6 heavy (non-hydrogen) atoms. The van der Waals surface area contributed by atoms with Gasteiger partial charge in [0.2, 0.25) is 0 Å². The van der Waals surface area contributed by atoms with Gasteiger partial charge in [-0.05, 0) is 0 Å². The molecule has 3 nitrogen and oxygen atoms in total. The van der Waals surface area contributed by atoms with Crippen LogP contribution in [0.3, 0.4) is 0 Å². The first kappa shape index (κ1) is 15.6. The van der Waals surface area contributed by atoms with E-state index in [1.54, 1.807) is 0 Å². The van der Waals surface area contributed by atoms with Crippen molar-refractivity contribution in [3.05, 3.63) is 0 Å². The Labute approximate surface area is 67.6 Å². The maximum atomic E-state index is 8.81. The van der Waals surface area contributed by atoms with Gasteiger partial charge in [0.25, 0.3) is 0 Å². The summed E-state index contributed by atoms with van der Waals surface area (Å²) in [5, 5.41) is 0. The quantitative estimate of drug-likeness (QED) is 0.421. The topological polar surface area (TPSA) is 57.5 Å². The van der Waals surface area contributed by atoms with Crippen molar-refractivity contribution in [1.29, 1.82) is 0 Å². The Balaban J connectivity index is -0.0000000450. The van der Waals surface area contributed by atoms with Crippen molar-refractivity contribution >= 4 is 58.1 Å². The molecule has 0 fully saturated rings. The zero-order valence-corrected chi connectivity index (χ0v) is 6.04. The number of rotatable bonds is 0. The summed E-state index contributed by atoms with van der Waals surface area (Å²) in [5.41, 5.74) is 0. The van der Waals surface area contributed by atoms with Crippen molar-refractivity contribution < 1.29 is 10.0 Å². The smallest absolute Gasteiger partial charge is 0 e. The molecule has 0 spiro atoms. The first-order valence-corrected chi connectivity index (χ1v) is 3.57. The fourth-order valence-corrected chi connectivity index (χ4v) is 0. The van der Waals surface area contributed by atoms with Gasteiger partial charge in [-0.2, -0.15) is 0 Å². The molecule has 0 rings (SSSR count). The third-order valence-corrected chi connectivity index (χ3v) is 0. The van der Waals surface area contributed by atoms with Crippen molar-refractivity contribution in [3.63, 3.8) is 0 Å². The van der Waals surface area contributed by atoms with Crippen LogP contribution >= 0.6 is 0 Å². The van der Waals surface area contributed by atoms with E-state index in [1.807, 2.05) is 0 Å². The van der Waals surface area contributed by atoms with E-state index >= 15 is 0 Å². The van der Waals surface area contributed by atoms with Crippen molar-refractivity contribution in [2.45, 2.75) is 0 Å². The van der Waals surface area contributed by atoms with Gasteiger partial charge in [0.05, 0.1) is 0 Å². The van der Waals surface area contributed by atoms with Gasteiger partial charge in [-0.3, -0.25) is 0 Å². The third kappa shape index (κ3) is 43.5. The Kier molecular flexibility index (Phi) is 25.7. The molecule has 0 aromatic carbocycles. The van der Waals surface area contributed by atoms with Crippen LogP contribution in [0, 0.1) is 0 Å². The van der Waals surface area contributed by atoms with Crippen LogP contribution in [0.4, 0.5) is 0 Å². The Morgan fingerprint density at radius 2 is 1.17 bits per heavy atom. The monoisotopic (exact) mass is 194 g/mol. The summed E-state index contributed by atoms with van der Waals surface area (Å²) in [6.45, 7) is 0. The van der Waals surface area contributed by atoms with Crippen LogP contribution in [0.15, 0.2) is 0 Å². The van der Waals surface area contributed by atoms with Gasteiger partial charge in [0.15, 0.2) is 0 Å². The molecule has 0 aliphatic rings. The average molecular weight is 191 g/mol. The molecule has 0 bridgehead atoms. The zero-order valence-electron chi connectivity index (χ0n) is 3.71. The zero-order chi connectivity index (χ0) is 3.58. The Hall–Kier alpha value is 1.70. The van der Waals surface area contributed by atoms with Gasteiger partial charge < -0.3 is 0 Å². The molecule has 0 aromatic heterocycles. The van der Waals surface area contributed by atoms with Crippen molar-refractivity contribution in [1.82, 2.24) is 0 Å². The largest absolute Gasteiger partial charge is 0 e. The van der Waals surface area contributed by atoms with Crippen LogP contribution in [0.5, 0.6) is 0 Å². The van der Waals surface area contributed by atoms with E-state index in [0.29, 0.717) is 0 Å². The standard InChI is InChI=1S/2Li.H2O3Te/c;;1-4(2)3/h;;(H2,1,2,3). The summed E-state index contributed by atoms with van der Waals surface area (Å²) in [5.74, 6) is 0. The first-order chi connectivity index (χ1) is 1.73. The average Bonchev–Trinajstić information content (AvgIpc) is 0.811. The maximum Gasteiger partial charge on any atom is 0 e. The molecule has 0 aliphatic heterocycles. The van der Waals surface area contributed by atoms with E-state index in [9.17, 15) is 0 Å². The van der Waals surface area contributed by atoms with Crippen LogP contribution in [0.1, 0.15) is 0 Å². The predicted octanol–water partition coefficient (Wildman–Crippen LogP) is -2.38. The first-order valence-electron chi connectivity index (χ1n) is 0.532. The normalized spacial score (nSPS) is 5.83. The summed E-state index contributed by atoms with van der Waals surface area (Å²) in [6.07, 6.45) is 0. The van der Waals surface area contributed by atoms with Gasteiger partial charge in [0, 0.05) is 37.7 Å². The van der Waals surface area contributed by atoms with E-state index < -0.39 is 20.4 Å². The van der Waals surface area contributed by atoms with Crippen LogP contribution in [0.2, 0.25) is 0 Å². The van der Waals surface area contributed by atoms with Crippen molar-refractivity contribution in [2.24, 2.45) is 0 Å². The fraction of sp³-hybridized carbons (Fsp3) is 0. The van der Waals surface area contributed by atoms with Gasteiger partial charge in [-0.25, -0.2) is 0 Å². The fourth-order valence-electron chi connectivity index (χ4n) is 0. The van der Waals surface area contributed by atoms with Gasteiger partial charge >= 0.3 is 30.4 Å². The summed E-state index contributed by atoms with van der Waals surface area (Å²) in [6, 6.07) is 0. The van der Waals surface area contributed by atoms with Crippen molar-refractivity contribution in [3.8, 4) is 0 Å². The molecule has 0 aliphatic carbocycles. The molecule has 0 atom stereocenters.